The highest BCUT2D eigenvalue weighted by Crippen LogP contribution is 2.30. The first-order valence-electron chi connectivity index (χ1n) is 6.17. The molecule has 0 fully saturated rings. The van der Waals surface area contributed by atoms with Crippen LogP contribution in [0.25, 0.3) is 0 Å². The molecule has 0 aliphatic rings. The Kier molecular flexibility index (Phi) is 6.39. The first kappa shape index (κ1) is 16.1. The zero-order valence-corrected chi connectivity index (χ0v) is 11.7. The van der Waals surface area contributed by atoms with Crippen LogP contribution in [-0.2, 0) is 19.1 Å². The van der Waals surface area contributed by atoms with Gasteiger partial charge in [-0.15, -0.1) is 0 Å². The lowest BCUT2D eigenvalue weighted by molar-refractivity contribution is -0.191. The minimum absolute atomic E-state index is 0.128. The molecule has 4 heteroatoms. The van der Waals surface area contributed by atoms with Gasteiger partial charge in [0.25, 0.3) is 0 Å². The monoisotopic (exact) mass is 244 g/mol. The Morgan fingerprint density at radius 3 is 2.00 bits per heavy atom. The number of Topliss-reactive ketones (excluding diaryl/α,β-unsaturated/α-hetero) is 1. The van der Waals surface area contributed by atoms with Gasteiger partial charge in [0.2, 0.25) is 0 Å². The van der Waals surface area contributed by atoms with Crippen molar-refractivity contribution in [3.8, 4) is 0 Å². The Bertz CT molecular complexity index is 273. The van der Waals surface area contributed by atoms with Crippen molar-refractivity contribution in [3.63, 3.8) is 0 Å². The molecule has 17 heavy (non-hydrogen) atoms. The normalized spacial score (nSPS) is 16.4. The maximum atomic E-state index is 11.9. The molecule has 2 unspecified atom stereocenters. The topological polar surface area (TPSA) is 52.6 Å². The molecule has 0 saturated carbocycles. The maximum Gasteiger partial charge on any atom is 0.306 e. The quantitative estimate of drug-likeness (QED) is 0.645. The second-order valence-electron chi connectivity index (χ2n) is 4.43. The molecule has 0 saturated heterocycles. The van der Waals surface area contributed by atoms with Crippen LogP contribution in [0.1, 0.15) is 48.0 Å². The number of esters is 1. The van der Waals surface area contributed by atoms with E-state index >= 15 is 0 Å². The van der Waals surface area contributed by atoms with E-state index in [-0.39, 0.29) is 24.1 Å². The summed E-state index contributed by atoms with van der Waals surface area (Å²) in [5.41, 5.74) is -1.18. The van der Waals surface area contributed by atoms with E-state index in [1.165, 1.54) is 6.92 Å². The number of ether oxygens (including phenoxy) is 2. The fraction of sp³-hybridized carbons (Fsp3) is 0.846. The van der Waals surface area contributed by atoms with Crippen molar-refractivity contribution >= 4 is 11.8 Å². The van der Waals surface area contributed by atoms with Crippen LogP contribution in [0.15, 0.2) is 0 Å². The molecule has 0 heterocycles. The van der Waals surface area contributed by atoms with E-state index in [4.69, 9.17) is 9.47 Å². The SMILES string of the molecule is CCOC(C)C(OC(=O)CC)(C(C)=O)C(C)C. The number of carbonyl (C=O) groups excluding carboxylic acids is 2. The summed E-state index contributed by atoms with van der Waals surface area (Å²) >= 11 is 0. The van der Waals surface area contributed by atoms with E-state index in [0.717, 1.165) is 0 Å². The molecule has 4 nitrogen and oxygen atoms in total. The van der Waals surface area contributed by atoms with Gasteiger partial charge in [-0.25, -0.2) is 0 Å². The summed E-state index contributed by atoms with van der Waals surface area (Å²) < 4.78 is 10.9. The summed E-state index contributed by atoms with van der Waals surface area (Å²) in [6.45, 7) is 11.0. The van der Waals surface area contributed by atoms with E-state index < -0.39 is 11.7 Å². The zero-order chi connectivity index (χ0) is 13.6. The van der Waals surface area contributed by atoms with Gasteiger partial charge in [0.1, 0.15) is 6.10 Å². The van der Waals surface area contributed by atoms with Gasteiger partial charge in [0.15, 0.2) is 11.4 Å². The summed E-state index contributed by atoms with van der Waals surface area (Å²) in [7, 11) is 0. The minimum atomic E-state index is -1.18. The van der Waals surface area contributed by atoms with Crippen LogP contribution in [0.5, 0.6) is 0 Å². The minimum Gasteiger partial charge on any atom is -0.448 e. The van der Waals surface area contributed by atoms with Gasteiger partial charge < -0.3 is 9.47 Å². The van der Waals surface area contributed by atoms with Crippen LogP contribution < -0.4 is 0 Å². The molecule has 0 amide bonds. The second-order valence-corrected chi connectivity index (χ2v) is 4.43. The predicted molar refractivity (Wildman–Crippen MR) is 65.7 cm³/mol. The first-order valence-corrected chi connectivity index (χ1v) is 6.17. The highest BCUT2D eigenvalue weighted by molar-refractivity contribution is 5.88. The molecule has 0 aromatic heterocycles. The number of carbonyl (C=O) groups is 2. The van der Waals surface area contributed by atoms with Crippen LogP contribution in [-0.4, -0.2) is 30.1 Å². The molecule has 0 radical (unpaired) electrons. The zero-order valence-electron chi connectivity index (χ0n) is 11.7. The molecule has 0 spiro atoms. The number of hydrogen-bond acceptors (Lipinski definition) is 4. The highest BCUT2D eigenvalue weighted by atomic mass is 16.6. The van der Waals surface area contributed by atoms with E-state index in [0.29, 0.717) is 6.61 Å². The van der Waals surface area contributed by atoms with Crippen molar-refractivity contribution in [3.05, 3.63) is 0 Å². The Morgan fingerprint density at radius 2 is 1.71 bits per heavy atom. The average Bonchev–Trinajstić information content (AvgIpc) is 2.24. The summed E-state index contributed by atoms with van der Waals surface area (Å²) in [5, 5.41) is 0. The van der Waals surface area contributed by atoms with Gasteiger partial charge >= 0.3 is 5.97 Å². The van der Waals surface area contributed by atoms with Gasteiger partial charge in [-0.3, -0.25) is 9.59 Å². The number of ketones is 1. The molecule has 0 bridgehead atoms. The summed E-state index contributed by atoms with van der Waals surface area (Å²) in [4.78, 5) is 23.4. The first-order chi connectivity index (χ1) is 7.82. The van der Waals surface area contributed by atoms with Gasteiger partial charge in [-0.2, -0.15) is 0 Å². The lowest BCUT2D eigenvalue weighted by Gasteiger charge is -2.39. The molecule has 100 valence electrons. The van der Waals surface area contributed by atoms with Crippen molar-refractivity contribution in [2.24, 2.45) is 5.92 Å². The van der Waals surface area contributed by atoms with Crippen molar-refractivity contribution in [2.75, 3.05) is 6.61 Å². The fourth-order valence-electron chi connectivity index (χ4n) is 2.07. The molecule has 0 rings (SSSR count). The van der Waals surface area contributed by atoms with Crippen molar-refractivity contribution in [2.45, 2.75) is 59.7 Å². The van der Waals surface area contributed by atoms with Crippen molar-refractivity contribution in [1.29, 1.82) is 0 Å². The molecule has 2 atom stereocenters. The highest BCUT2D eigenvalue weighted by Gasteiger charge is 2.48. The third-order valence-corrected chi connectivity index (χ3v) is 3.00. The molecule has 0 aliphatic heterocycles. The van der Waals surface area contributed by atoms with Gasteiger partial charge in [-0.1, -0.05) is 20.8 Å². The summed E-state index contributed by atoms with van der Waals surface area (Å²) in [5.74, 6) is -0.673. The standard InChI is InChI=1S/C13H24O4/c1-7-12(15)17-13(9(3)4,10(5)14)11(6)16-8-2/h9,11H,7-8H2,1-6H3. The van der Waals surface area contributed by atoms with Gasteiger partial charge in [0.05, 0.1) is 0 Å². The largest absolute Gasteiger partial charge is 0.448 e. The number of hydrogen-bond donors (Lipinski definition) is 0. The van der Waals surface area contributed by atoms with Crippen LogP contribution >= 0.6 is 0 Å². The molecular weight excluding hydrogens is 220 g/mol. The Morgan fingerprint density at radius 1 is 1.18 bits per heavy atom. The molecule has 0 aromatic carbocycles. The average molecular weight is 244 g/mol. The van der Waals surface area contributed by atoms with E-state index in [2.05, 4.69) is 0 Å². The second kappa shape index (κ2) is 6.74. The van der Waals surface area contributed by atoms with E-state index in [9.17, 15) is 9.59 Å². The third-order valence-electron chi connectivity index (χ3n) is 3.00. The molecule has 0 N–H and O–H groups in total. The lowest BCUT2D eigenvalue weighted by Crippen LogP contribution is -2.55. The van der Waals surface area contributed by atoms with Crippen LogP contribution in [0.2, 0.25) is 0 Å². The summed E-state index contributed by atoms with van der Waals surface area (Å²) in [6, 6.07) is 0. The summed E-state index contributed by atoms with van der Waals surface area (Å²) in [6.07, 6.45) is -0.193. The van der Waals surface area contributed by atoms with E-state index in [1.54, 1.807) is 13.8 Å². The Balaban J connectivity index is 5.27. The maximum absolute atomic E-state index is 11.9. The Hall–Kier alpha value is -0.900. The van der Waals surface area contributed by atoms with Gasteiger partial charge in [0, 0.05) is 18.9 Å². The Labute approximate surface area is 104 Å². The third kappa shape index (κ3) is 3.53. The van der Waals surface area contributed by atoms with Crippen molar-refractivity contribution in [1.82, 2.24) is 0 Å². The number of rotatable bonds is 7. The smallest absolute Gasteiger partial charge is 0.306 e. The van der Waals surface area contributed by atoms with Crippen LogP contribution in [0.3, 0.4) is 0 Å². The molecule has 0 aliphatic carbocycles. The molecule has 0 aromatic rings. The van der Waals surface area contributed by atoms with Crippen LogP contribution in [0, 0.1) is 5.92 Å². The molecular formula is C13H24O4. The lowest BCUT2D eigenvalue weighted by atomic mass is 9.81. The van der Waals surface area contributed by atoms with Gasteiger partial charge in [-0.05, 0) is 20.8 Å². The van der Waals surface area contributed by atoms with Crippen LogP contribution in [0.4, 0.5) is 0 Å². The fourth-order valence-corrected chi connectivity index (χ4v) is 2.07. The van der Waals surface area contributed by atoms with Crippen molar-refractivity contribution < 1.29 is 19.1 Å². The predicted octanol–water partition coefficient (Wildman–Crippen LogP) is 2.35. The van der Waals surface area contributed by atoms with E-state index in [1.807, 2.05) is 20.8 Å².